The molecule has 2 unspecified atom stereocenters. The first-order valence-corrected chi connectivity index (χ1v) is 7.55. The molecule has 0 fully saturated rings. The molecule has 0 saturated carbocycles. The molecular formula is C11H22FN3O3S2. The van der Waals surface area contributed by atoms with Gasteiger partial charge in [-0.3, -0.25) is 4.57 Å². The van der Waals surface area contributed by atoms with Gasteiger partial charge in [0.25, 0.3) is 0 Å². The fraction of sp³-hybridized carbons (Fsp3) is 0.636. The van der Waals surface area contributed by atoms with Crippen molar-refractivity contribution in [2.24, 2.45) is 0 Å². The maximum absolute atomic E-state index is 12.3. The largest absolute Gasteiger partial charge is 0.394 e. The number of hydrogen-bond donors (Lipinski definition) is 4. The van der Waals surface area contributed by atoms with Gasteiger partial charge in [-0.05, 0) is 13.0 Å². The Morgan fingerprint density at radius 1 is 1.55 bits per heavy atom. The highest BCUT2D eigenvalue weighted by Crippen LogP contribution is 2.08. The minimum Gasteiger partial charge on any atom is -0.394 e. The van der Waals surface area contributed by atoms with Gasteiger partial charge in [0.15, 0.2) is 0 Å². The van der Waals surface area contributed by atoms with Crippen LogP contribution in [0.2, 0.25) is 0 Å². The van der Waals surface area contributed by atoms with E-state index in [1.807, 2.05) is 13.8 Å². The molecule has 0 bridgehead atoms. The molecule has 2 atom stereocenters. The van der Waals surface area contributed by atoms with Crippen molar-refractivity contribution in [2.45, 2.75) is 33.1 Å². The van der Waals surface area contributed by atoms with E-state index >= 15 is 0 Å². The van der Waals surface area contributed by atoms with Crippen molar-refractivity contribution in [3.05, 3.63) is 22.7 Å². The fourth-order valence-corrected chi connectivity index (χ4v) is 1.17. The van der Waals surface area contributed by atoms with Crippen LogP contribution in [0.25, 0.3) is 0 Å². The zero-order chi connectivity index (χ0) is 16.1. The maximum atomic E-state index is 12.3. The van der Waals surface area contributed by atoms with Crippen molar-refractivity contribution in [1.29, 1.82) is 0 Å². The number of nitrogens with zero attached hydrogens (tertiary/aromatic N) is 2. The molecule has 0 spiro atoms. The Morgan fingerprint density at radius 3 is 2.50 bits per heavy atom. The van der Waals surface area contributed by atoms with Gasteiger partial charge >= 0.3 is 5.69 Å². The van der Waals surface area contributed by atoms with Crippen LogP contribution in [0.15, 0.2) is 17.1 Å². The van der Waals surface area contributed by atoms with Gasteiger partial charge in [0, 0.05) is 6.20 Å². The van der Waals surface area contributed by atoms with Crippen LogP contribution in [0.4, 0.5) is 10.2 Å². The van der Waals surface area contributed by atoms with Gasteiger partial charge in [-0.15, -0.1) is 23.3 Å². The summed E-state index contributed by atoms with van der Waals surface area (Å²) in [6.07, 6.45) is -0.255. The van der Waals surface area contributed by atoms with Crippen LogP contribution in [0, 0.1) is 0 Å². The zero-order valence-corrected chi connectivity index (χ0v) is 13.5. The Hall–Kier alpha value is -0.770. The van der Waals surface area contributed by atoms with Gasteiger partial charge in [0.05, 0.1) is 6.61 Å². The quantitative estimate of drug-likeness (QED) is 0.486. The minimum atomic E-state index is -0.945. The summed E-state index contributed by atoms with van der Waals surface area (Å²) in [5, 5.41) is 8.75. The second-order valence-corrected chi connectivity index (χ2v) is 3.24. The molecule has 0 aliphatic carbocycles. The van der Waals surface area contributed by atoms with E-state index < -0.39 is 31.3 Å². The first kappa shape index (κ1) is 21.5. The third kappa shape index (κ3) is 7.73. The second kappa shape index (κ2) is 13.2. The Kier molecular flexibility index (Phi) is 14.2. The fourth-order valence-electron chi connectivity index (χ4n) is 1.17. The van der Waals surface area contributed by atoms with E-state index in [0.29, 0.717) is 0 Å². The molecule has 9 heteroatoms. The van der Waals surface area contributed by atoms with Crippen LogP contribution in [0.1, 0.15) is 27.0 Å². The molecule has 0 amide bonds. The molecule has 1 aromatic rings. The summed E-state index contributed by atoms with van der Waals surface area (Å²) in [5.74, 6) is 0.109. The molecule has 20 heavy (non-hydrogen) atoms. The van der Waals surface area contributed by atoms with E-state index in [2.05, 4.69) is 28.3 Å². The molecule has 0 radical (unpaired) electrons. The van der Waals surface area contributed by atoms with Crippen LogP contribution < -0.4 is 11.4 Å². The summed E-state index contributed by atoms with van der Waals surface area (Å²) in [6.45, 7) is 4.29. The van der Waals surface area contributed by atoms with Gasteiger partial charge in [-0.25, -0.2) is 9.18 Å². The van der Waals surface area contributed by atoms with Crippen LogP contribution >= 0.6 is 23.3 Å². The summed E-state index contributed by atoms with van der Waals surface area (Å²) in [5.41, 5.74) is 4.74. The van der Waals surface area contributed by atoms with Crippen molar-refractivity contribution >= 4 is 29.1 Å². The Labute approximate surface area is 128 Å². The molecule has 0 aliphatic rings. The number of nitrogens with two attached hydrogens (primary N) is 1. The lowest BCUT2D eigenvalue weighted by molar-refractivity contribution is -0.0754. The standard InChI is InChI=1S/C9H14FN3O3.C2H6.H2S2/c1-6(16-7(4-10)5-14)13-3-2-8(11)12-9(13)15;2*1-2/h2-3,6-7,14H,4-5H2,1H3,(H2,11,12,15);1-2H3;1-2H. The molecular weight excluding hydrogens is 305 g/mol. The average Bonchev–Trinajstić information content (AvgIpc) is 2.48. The first-order valence-electron chi connectivity index (χ1n) is 5.95. The van der Waals surface area contributed by atoms with Crippen LogP contribution in [0.5, 0.6) is 0 Å². The molecule has 118 valence electrons. The molecule has 0 aliphatic heterocycles. The lowest BCUT2D eigenvalue weighted by Gasteiger charge is -2.19. The molecule has 3 N–H and O–H groups in total. The third-order valence-electron chi connectivity index (χ3n) is 2.01. The lowest BCUT2D eigenvalue weighted by atomic mass is 10.4. The third-order valence-corrected chi connectivity index (χ3v) is 2.01. The topological polar surface area (TPSA) is 90.4 Å². The van der Waals surface area contributed by atoms with Gasteiger partial charge < -0.3 is 15.6 Å². The number of nitrogen functional groups attached to an aromatic ring is 1. The number of anilines is 1. The van der Waals surface area contributed by atoms with Crippen LogP contribution in [-0.4, -0.2) is 34.0 Å². The number of aromatic nitrogens is 2. The molecule has 0 saturated heterocycles. The summed E-state index contributed by atoms with van der Waals surface area (Å²) >= 11 is 6.44. The normalized spacial score (nSPS) is 12.3. The number of rotatable bonds is 5. The van der Waals surface area contributed by atoms with Gasteiger partial charge in [-0.1, -0.05) is 13.8 Å². The second-order valence-electron chi connectivity index (χ2n) is 3.24. The number of halogens is 1. The maximum Gasteiger partial charge on any atom is 0.351 e. The number of alkyl halides is 1. The van der Waals surface area contributed by atoms with Gasteiger partial charge in [-0.2, -0.15) is 4.98 Å². The molecule has 1 rings (SSSR count). The van der Waals surface area contributed by atoms with Gasteiger partial charge in [0.1, 0.15) is 24.8 Å². The van der Waals surface area contributed by atoms with Crippen molar-refractivity contribution in [2.75, 3.05) is 19.0 Å². The predicted octanol–water partition coefficient (Wildman–Crippen LogP) is 1.48. The Morgan fingerprint density at radius 2 is 2.10 bits per heavy atom. The van der Waals surface area contributed by atoms with E-state index in [9.17, 15) is 9.18 Å². The molecule has 6 nitrogen and oxygen atoms in total. The summed E-state index contributed by atoms with van der Waals surface area (Å²) in [6, 6.07) is 1.44. The SMILES string of the molecule is CC.CC(OC(CO)CF)n1ccc(N)nc1=O.SS. The zero-order valence-electron chi connectivity index (χ0n) is 11.7. The number of aliphatic hydroxyl groups is 1. The van der Waals surface area contributed by atoms with Crippen molar-refractivity contribution in [3.63, 3.8) is 0 Å². The molecule has 1 heterocycles. The predicted molar refractivity (Wildman–Crippen MR) is 84.9 cm³/mol. The monoisotopic (exact) mass is 327 g/mol. The summed E-state index contributed by atoms with van der Waals surface area (Å²) in [7, 11) is 0. The Bertz CT molecular complexity index is 403. The summed E-state index contributed by atoms with van der Waals surface area (Å²) in [4.78, 5) is 14.9. The average molecular weight is 327 g/mol. The lowest BCUT2D eigenvalue weighted by Crippen LogP contribution is -2.31. The minimum absolute atomic E-state index is 0.109. The van der Waals surface area contributed by atoms with Crippen LogP contribution in [0.3, 0.4) is 0 Å². The van der Waals surface area contributed by atoms with E-state index in [1.165, 1.54) is 12.3 Å². The number of ether oxygens (including phenoxy) is 1. The van der Waals surface area contributed by atoms with E-state index in [-0.39, 0.29) is 5.82 Å². The summed E-state index contributed by atoms with van der Waals surface area (Å²) < 4.78 is 18.6. The van der Waals surface area contributed by atoms with Crippen LogP contribution in [-0.2, 0) is 4.74 Å². The first-order chi connectivity index (χ1) is 9.58. The molecule has 0 aromatic carbocycles. The number of thiol groups is 2. The smallest absolute Gasteiger partial charge is 0.351 e. The highest BCUT2D eigenvalue weighted by Gasteiger charge is 2.14. The number of aliphatic hydroxyl groups excluding tert-OH is 1. The highest BCUT2D eigenvalue weighted by atomic mass is 33.1. The highest BCUT2D eigenvalue weighted by molar-refractivity contribution is 8.59. The van der Waals surface area contributed by atoms with Crippen molar-refractivity contribution in [3.8, 4) is 0 Å². The van der Waals surface area contributed by atoms with Crippen molar-refractivity contribution < 1.29 is 14.2 Å². The van der Waals surface area contributed by atoms with E-state index in [1.54, 1.807) is 6.92 Å². The van der Waals surface area contributed by atoms with Gasteiger partial charge in [0.2, 0.25) is 0 Å². The number of hydrogen-bond acceptors (Lipinski definition) is 7. The van der Waals surface area contributed by atoms with E-state index in [0.717, 1.165) is 4.57 Å². The van der Waals surface area contributed by atoms with Crippen molar-refractivity contribution in [1.82, 2.24) is 9.55 Å². The Balaban J connectivity index is 0. The van der Waals surface area contributed by atoms with E-state index in [4.69, 9.17) is 15.6 Å². The molecule has 1 aromatic heterocycles.